The van der Waals surface area contributed by atoms with Gasteiger partial charge in [0.25, 0.3) is 0 Å². The van der Waals surface area contributed by atoms with E-state index in [-0.39, 0.29) is 5.78 Å². The Balaban J connectivity index is 1.80. The lowest BCUT2D eigenvalue weighted by atomic mass is 10.1. The summed E-state index contributed by atoms with van der Waals surface area (Å²) in [7, 11) is 0. The first kappa shape index (κ1) is 16.8. The minimum Gasteiger partial charge on any atom is -0.345 e. The van der Waals surface area contributed by atoms with Crippen molar-refractivity contribution in [3.63, 3.8) is 0 Å². The van der Waals surface area contributed by atoms with Crippen molar-refractivity contribution in [2.75, 3.05) is 5.75 Å². The molecular weight excluding hydrogens is 318 g/mol. The monoisotopic (exact) mass is 339 g/mol. The molecule has 0 bridgehead atoms. The molecule has 2 aromatic rings. The van der Waals surface area contributed by atoms with Crippen molar-refractivity contribution in [1.82, 2.24) is 9.55 Å². The van der Waals surface area contributed by atoms with Gasteiger partial charge in [-0.05, 0) is 58.2 Å². The molecule has 1 aliphatic rings. The van der Waals surface area contributed by atoms with Gasteiger partial charge in [-0.1, -0.05) is 11.8 Å². The molecule has 0 radical (unpaired) electrons. The molecule has 1 aliphatic carbocycles. The average Bonchev–Trinajstić information content (AvgIpc) is 3.30. The molecule has 2 heterocycles. The highest BCUT2D eigenvalue weighted by molar-refractivity contribution is 8.00. The highest BCUT2D eigenvalue weighted by Gasteiger charge is 2.28. The van der Waals surface area contributed by atoms with Crippen molar-refractivity contribution in [3.8, 4) is 6.07 Å². The predicted molar refractivity (Wildman–Crippen MR) is 95.7 cm³/mol. The van der Waals surface area contributed by atoms with Crippen LogP contribution in [0.5, 0.6) is 0 Å². The van der Waals surface area contributed by atoms with Gasteiger partial charge in [-0.25, -0.2) is 4.98 Å². The van der Waals surface area contributed by atoms with E-state index in [0.29, 0.717) is 22.4 Å². The Hall–Kier alpha value is -2.06. The minimum atomic E-state index is 0.102. The zero-order valence-electron chi connectivity index (χ0n) is 14.5. The van der Waals surface area contributed by atoms with Crippen molar-refractivity contribution in [2.45, 2.75) is 51.6 Å². The SMILES string of the molecule is Cc1cc(C)c(C#N)c(SCC(=O)c2cc(C)n(C3CC3)c2C)n1. The molecule has 0 aromatic carbocycles. The largest absolute Gasteiger partial charge is 0.345 e. The van der Waals surface area contributed by atoms with E-state index in [9.17, 15) is 10.1 Å². The second-order valence-corrected chi connectivity index (χ2v) is 7.43. The number of nitrogens with zero attached hydrogens (tertiary/aromatic N) is 3. The number of thioether (sulfide) groups is 1. The van der Waals surface area contributed by atoms with E-state index < -0.39 is 0 Å². The lowest BCUT2D eigenvalue weighted by Gasteiger charge is -2.08. The Kier molecular flexibility index (Phi) is 4.51. The molecule has 2 aromatic heterocycles. The quantitative estimate of drug-likeness (QED) is 0.602. The van der Waals surface area contributed by atoms with E-state index in [0.717, 1.165) is 28.2 Å². The van der Waals surface area contributed by atoms with E-state index in [1.807, 2.05) is 32.9 Å². The molecular formula is C19H21N3OS. The predicted octanol–water partition coefficient (Wildman–Crippen LogP) is 4.30. The lowest BCUT2D eigenvalue weighted by molar-refractivity contribution is 0.102. The van der Waals surface area contributed by atoms with Crippen LogP contribution in [0.25, 0.3) is 0 Å². The Bertz CT molecular complexity index is 856. The fourth-order valence-corrected chi connectivity index (χ4v) is 4.19. The summed E-state index contributed by atoms with van der Waals surface area (Å²) in [5.41, 5.74) is 5.37. The van der Waals surface area contributed by atoms with Crippen LogP contribution in [0.4, 0.5) is 0 Å². The Morgan fingerprint density at radius 1 is 1.33 bits per heavy atom. The molecule has 0 aliphatic heterocycles. The summed E-state index contributed by atoms with van der Waals surface area (Å²) in [6, 6.07) is 6.67. The molecule has 0 spiro atoms. The fourth-order valence-electron chi connectivity index (χ4n) is 3.21. The van der Waals surface area contributed by atoms with Gasteiger partial charge in [0.05, 0.1) is 11.3 Å². The summed E-state index contributed by atoms with van der Waals surface area (Å²) in [6.45, 7) is 7.90. The van der Waals surface area contributed by atoms with E-state index in [4.69, 9.17) is 0 Å². The van der Waals surface area contributed by atoms with Crippen LogP contribution in [0.1, 0.15) is 57.5 Å². The number of carbonyl (C=O) groups is 1. The topological polar surface area (TPSA) is 58.7 Å². The van der Waals surface area contributed by atoms with Gasteiger partial charge in [0.1, 0.15) is 11.1 Å². The van der Waals surface area contributed by atoms with Crippen LogP contribution >= 0.6 is 11.8 Å². The zero-order chi connectivity index (χ0) is 17.4. The molecule has 1 fully saturated rings. The molecule has 3 rings (SSSR count). The summed E-state index contributed by atoms with van der Waals surface area (Å²) in [4.78, 5) is 17.1. The van der Waals surface area contributed by atoms with E-state index >= 15 is 0 Å². The summed E-state index contributed by atoms with van der Waals surface area (Å²) in [5.74, 6) is 0.407. The Labute approximate surface area is 146 Å². The number of aryl methyl sites for hydroxylation is 3. The van der Waals surface area contributed by atoms with Gasteiger partial charge >= 0.3 is 0 Å². The average molecular weight is 339 g/mol. The molecule has 0 atom stereocenters. The Morgan fingerprint density at radius 2 is 2.04 bits per heavy atom. The highest BCUT2D eigenvalue weighted by Crippen LogP contribution is 2.38. The van der Waals surface area contributed by atoms with Crippen LogP contribution < -0.4 is 0 Å². The first-order valence-corrected chi connectivity index (χ1v) is 9.13. The molecule has 1 saturated carbocycles. The van der Waals surface area contributed by atoms with Gasteiger partial charge in [-0.2, -0.15) is 5.26 Å². The third kappa shape index (κ3) is 3.11. The van der Waals surface area contributed by atoms with Crippen LogP contribution in [0.2, 0.25) is 0 Å². The number of pyridine rings is 1. The standard InChI is InChI=1S/C19H21N3OS/c1-11-7-12(2)21-19(17(11)9-20)24-10-18(23)16-8-13(3)22(14(16)4)15-5-6-15/h7-8,15H,5-6,10H2,1-4H3. The first-order chi connectivity index (χ1) is 11.4. The van der Waals surface area contributed by atoms with Crippen molar-refractivity contribution in [3.05, 3.63) is 45.9 Å². The van der Waals surface area contributed by atoms with Crippen molar-refractivity contribution in [1.29, 1.82) is 5.26 Å². The maximum atomic E-state index is 12.7. The third-order valence-electron chi connectivity index (χ3n) is 4.46. The van der Waals surface area contributed by atoms with Crippen molar-refractivity contribution >= 4 is 17.5 Å². The second kappa shape index (κ2) is 6.45. The number of carbonyl (C=O) groups excluding carboxylic acids is 1. The third-order valence-corrected chi connectivity index (χ3v) is 5.44. The molecule has 0 unspecified atom stereocenters. The van der Waals surface area contributed by atoms with Crippen LogP contribution in [0.3, 0.4) is 0 Å². The van der Waals surface area contributed by atoms with Crippen LogP contribution in [-0.2, 0) is 0 Å². The minimum absolute atomic E-state index is 0.102. The van der Waals surface area contributed by atoms with Gasteiger partial charge in [0.15, 0.2) is 5.78 Å². The van der Waals surface area contributed by atoms with Gasteiger partial charge in [0.2, 0.25) is 0 Å². The molecule has 4 nitrogen and oxygen atoms in total. The number of rotatable bonds is 5. The number of aromatic nitrogens is 2. The van der Waals surface area contributed by atoms with Gasteiger partial charge < -0.3 is 4.57 Å². The first-order valence-electron chi connectivity index (χ1n) is 8.15. The number of nitriles is 1. The maximum Gasteiger partial charge on any atom is 0.174 e. The van der Waals surface area contributed by atoms with Crippen LogP contribution in [0, 0.1) is 39.0 Å². The van der Waals surface area contributed by atoms with E-state index in [1.54, 1.807) is 0 Å². The van der Waals surface area contributed by atoms with E-state index in [2.05, 4.69) is 22.5 Å². The molecule has 24 heavy (non-hydrogen) atoms. The normalized spacial score (nSPS) is 13.8. The van der Waals surface area contributed by atoms with Gasteiger partial charge in [0, 0.05) is 28.7 Å². The molecule has 0 N–H and O–H groups in total. The molecule has 5 heteroatoms. The summed E-state index contributed by atoms with van der Waals surface area (Å²) in [5, 5.41) is 9.98. The van der Waals surface area contributed by atoms with Gasteiger partial charge in [-0.3, -0.25) is 4.79 Å². The smallest absolute Gasteiger partial charge is 0.174 e. The number of hydrogen-bond donors (Lipinski definition) is 0. The van der Waals surface area contributed by atoms with Gasteiger partial charge in [-0.15, -0.1) is 0 Å². The molecule has 0 amide bonds. The fraction of sp³-hybridized carbons (Fsp3) is 0.421. The van der Waals surface area contributed by atoms with Crippen LogP contribution in [0.15, 0.2) is 17.2 Å². The number of Topliss-reactive ketones (excluding diaryl/α,β-unsaturated/α-hetero) is 1. The second-order valence-electron chi connectivity index (χ2n) is 6.47. The number of hydrogen-bond acceptors (Lipinski definition) is 4. The lowest BCUT2D eigenvalue weighted by Crippen LogP contribution is -2.06. The molecule has 124 valence electrons. The van der Waals surface area contributed by atoms with Crippen molar-refractivity contribution in [2.24, 2.45) is 0 Å². The van der Waals surface area contributed by atoms with Crippen molar-refractivity contribution < 1.29 is 4.79 Å². The number of ketones is 1. The van der Waals surface area contributed by atoms with E-state index in [1.165, 1.54) is 24.6 Å². The Morgan fingerprint density at radius 3 is 2.67 bits per heavy atom. The highest BCUT2D eigenvalue weighted by atomic mass is 32.2. The maximum absolute atomic E-state index is 12.7. The molecule has 0 saturated heterocycles. The zero-order valence-corrected chi connectivity index (χ0v) is 15.3. The summed E-state index contributed by atoms with van der Waals surface area (Å²) >= 11 is 1.36. The summed E-state index contributed by atoms with van der Waals surface area (Å²) in [6.07, 6.45) is 2.41. The van der Waals surface area contributed by atoms with Crippen LogP contribution in [-0.4, -0.2) is 21.1 Å². The summed E-state index contributed by atoms with van der Waals surface area (Å²) < 4.78 is 2.29.